The maximum absolute atomic E-state index is 14.7. The number of rotatable bonds is 5. The van der Waals surface area contributed by atoms with E-state index in [1.165, 1.54) is 4.90 Å². The molecule has 9 rings (SSSR count). The van der Waals surface area contributed by atoms with Crippen LogP contribution in [0.1, 0.15) is 20.7 Å². The number of pyridine rings is 1. The lowest BCUT2D eigenvalue weighted by molar-refractivity contribution is 0.0926. The second-order valence-corrected chi connectivity index (χ2v) is 12.3. The van der Waals surface area contributed by atoms with Crippen LogP contribution in [-0.4, -0.2) is 21.4 Å². The molecule has 8 aromatic rings. The Morgan fingerprint density at radius 2 is 1.20 bits per heavy atom. The van der Waals surface area contributed by atoms with Crippen molar-refractivity contribution in [2.45, 2.75) is 0 Å². The number of hydrogen-bond donors (Lipinski definition) is 0. The summed E-state index contributed by atoms with van der Waals surface area (Å²) in [6.07, 6.45) is 3.29. The molecule has 6 heteroatoms. The highest BCUT2D eigenvalue weighted by atomic mass is 16.2. The Hall–Kier alpha value is -7.10. The summed E-state index contributed by atoms with van der Waals surface area (Å²) >= 11 is 0. The van der Waals surface area contributed by atoms with Gasteiger partial charge in [0.05, 0.1) is 40.1 Å². The Morgan fingerprint density at radius 3 is 1.92 bits per heavy atom. The third kappa shape index (κ3) is 4.61. The minimum absolute atomic E-state index is 0.355. The van der Waals surface area contributed by atoms with Crippen LogP contribution >= 0.6 is 0 Å². The minimum atomic E-state index is -0.374. The van der Waals surface area contributed by atoms with Crippen molar-refractivity contribution in [3.63, 3.8) is 0 Å². The molecule has 0 bridgehead atoms. The zero-order valence-electron chi connectivity index (χ0n) is 26.6. The number of nitrogens with zero attached hydrogens (tertiary/aromatic N) is 4. The summed E-state index contributed by atoms with van der Waals surface area (Å²) in [5.74, 6) is -0.736. The van der Waals surface area contributed by atoms with Gasteiger partial charge in [-0.2, -0.15) is 0 Å². The summed E-state index contributed by atoms with van der Waals surface area (Å²) in [7, 11) is 0. The molecule has 234 valence electrons. The second kappa shape index (κ2) is 11.6. The Balaban J connectivity index is 1.24. The summed E-state index contributed by atoms with van der Waals surface area (Å²) in [5, 5.41) is 2.03. The third-order valence-corrected chi connectivity index (χ3v) is 9.38. The molecule has 2 amide bonds. The Labute approximate surface area is 287 Å². The molecule has 6 aromatic carbocycles. The number of amides is 2. The molecule has 0 radical (unpaired) electrons. The van der Waals surface area contributed by atoms with Crippen LogP contribution in [0.4, 0.5) is 11.4 Å². The van der Waals surface area contributed by atoms with Crippen molar-refractivity contribution in [3.05, 3.63) is 181 Å². The monoisotopic (exact) mass is 642 g/mol. The van der Waals surface area contributed by atoms with Gasteiger partial charge in [-0.25, -0.2) is 9.74 Å². The number of hydrogen-bond acceptors (Lipinski definition) is 3. The van der Waals surface area contributed by atoms with Crippen molar-refractivity contribution < 1.29 is 9.59 Å². The number of benzene rings is 6. The molecule has 1 aliphatic rings. The van der Waals surface area contributed by atoms with Gasteiger partial charge in [-0.1, -0.05) is 97.1 Å². The van der Waals surface area contributed by atoms with Gasteiger partial charge in [-0.15, -0.1) is 0 Å². The van der Waals surface area contributed by atoms with Gasteiger partial charge < -0.3 is 4.57 Å². The summed E-state index contributed by atoms with van der Waals surface area (Å²) in [4.78, 5) is 38.2. The first-order valence-corrected chi connectivity index (χ1v) is 16.2. The number of para-hydroxylation sites is 1. The number of fused-ring (bicyclic) bond motifs is 4. The van der Waals surface area contributed by atoms with Crippen molar-refractivity contribution in [1.29, 1.82) is 0 Å². The van der Waals surface area contributed by atoms with Crippen LogP contribution in [0.2, 0.25) is 0 Å². The van der Waals surface area contributed by atoms with E-state index in [9.17, 15) is 9.59 Å². The SMILES string of the molecule is [C-]#[N+]c1cncc(-c2ccc3c4ccccc4n(-c4cccc5c4C(=O)N(c4cc(-c6ccccc6)cc(-c6ccccc6)c4)C5=O)c3c2)c1. The van der Waals surface area contributed by atoms with E-state index < -0.39 is 0 Å². The van der Waals surface area contributed by atoms with Gasteiger partial charge >= 0.3 is 0 Å². The second-order valence-electron chi connectivity index (χ2n) is 12.3. The van der Waals surface area contributed by atoms with Crippen molar-refractivity contribution in [1.82, 2.24) is 9.55 Å². The quantitative estimate of drug-likeness (QED) is 0.139. The van der Waals surface area contributed by atoms with Gasteiger partial charge in [0, 0.05) is 23.2 Å². The summed E-state index contributed by atoms with van der Waals surface area (Å²) in [6, 6.07) is 47.4. The molecule has 0 atom stereocenters. The zero-order chi connectivity index (χ0) is 33.8. The lowest BCUT2D eigenvalue weighted by Crippen LogP contribution is -2.29. The zero-order valence-corrected chi connectivity index (χ0v) is 26.6. The largest absolute Gasteiger partial charge is 0.308 e. The summed E-state index contributed by atoms with van der Waals surface area (Å²) in [6.45, 7) is 7.47. The molecule has 0 saturated carbocycles. The first-order valence-electron chi connectivity index (χ1n) is 16.2. The molecule has 50 heavy (non-hydrogen) atoms. The van der Waals surface area contributed by atoms with Gasteiger partial charge in [-0.3, -0.25) is 14.6 Å². The topological polar surface area (TPSA) is 59.6 Å². The van der Waals surface area contributed by atoms with Crippen LogP contribution in [-0.2, 0) is 0 Å². The molecule has 0 N–H and O–H groups in total. The van der Waals surface area contributed by atoms with Crippen LogP contribution < -0.4 is 4.90 Å². The fraction of sp³-hybridized carbons (Fsp3) is 0. The molecule has 3 heterocycles. The van der Waals surface area contributed by atoms with E-state index >= 15 is 0 Å². The third-order valence-electron chi connectivity index (χ3n) is 9.38. The molecular weight excluding hydrogens is 617 g/mol. The average molecular weight is 643 g/mol. The highest BCUT2D eigenvalue weighted by Crippen LogP contribution is 2.41. The number of carbonyl (C=O) groups is 2. The summed E-state index contributed by atoms with van der Waals surface area (Å²) in [5.41, 5.74) is 9.60. The van der Waals surface area contributed by atoms with Crippen molar-refractivity contribution in [3.8, 4) is 39.1 Å². The van der Waals surface area contributed by atoms with E-state index in [0.29, 0.717) is 28.2 Å². The predicted octanol–water partition coefficient (Wildman–Crippen LogP) is 10.5. The van der Waals surface area contributed by atoms with Gasteiger partial charge in [0.2, 0.25) is 5.69 Å². The lowest BCUT2D eigenvalue weighted by Gasteiger charge is -2.18. The molecule has 0 saturated heterocycles. The van der Waals surface area contributed by atoms with Crippen molar-refractivity contribution >= 4 is 45.0 Å². The van der Waals surface area contributed by atoms with Gasteiger partial charge in [-0.05, 0) is 81.9 Å². The van der Waals surface area contributed by atoms with E-state index in [1.807, 2.05) is 115 Å². The Bertz CT molecular complexity index is 2650. The molecule has 2 aromatic heterocycles. The fourth-order valence-electron chi connectivity index (χ4n) is 7.08. The first kappa shape index (κ1) is 29.1. The number of imide groups is 1. The minimum Gasteiger partial charge on any atom is -0.308 e. The van der Waals surface area contributed by atoms with Crippen molar-refractivity contribution in [2.24, 2.45) is 0 Å². The fourth-order valence-corrected chi connectivity index (χ4v) is 7.08. The molecule has 0 unspecified atom stereocenters. The van der Waals surface area contributed by atoms with Crippen LogP contribution in [0.5, 0.6) is 0 Å². The van der Waals surface area contributed by atoms with E-state index in [0.717, 1.165) is 55.2 Å². The van der Waals surface area contributed by atoms with Gasteiger partial charge in [0.1, 0.15) is 0 Å². The number of aromatic nitrogens is 2. The molecule has 6 nitrogen and oxygen atoms in total. The molecule has 0 fully saturated rings. The van der Waals surface area contributed by atoms with Crippen LogP contribution in [0.15, 0.2) is 158 Å². The first-order chi connectivity index (χ1) is 24.6. The number of anilines is 1. The predicted molar refractivity (Wildman–Crippen MR) is 199 cm³/mol. The van der Waals surface area contributed by atoms with Crippen LogP contribution in [0.3, 0.4) is 0 Å². The van der Waals surface area contributed by atoms with E-state index in [-0.39, 0.29) is 11.8 Å². The van der Waals surface area contributed by atoms with E-state index in [1.54, 1.807) is 18.5 Å². The number of carbonyl (C=O) groups excluding carboxylic acids is 2. The van der Waals surface area contributed by atoms with Crippen LogP contribution in [0, 0.1) is 6.57 Å². The highest BCUT2D eigenvalue weighted by Gasteiger charge is 2.39. The van der Waals surface area contributed by atoms with Crippen molar-refractivity contribution in [2.75, 3.05) is 4.90 Å². The van der Waals surface area contributed by atoms with Gasteiger partial charge in [0.25, 0.3) is 11.8 Å². The molecular formula is C44H26N4O2. The molecule has 0 spiro atoms. The van der Waals surface area contributed by atoms with E-state index in [2.05, 4.69) is 38.7 Å². The Morgan fingerprint density at radius 1 is 0.520 bits per heavy atom. The van der Waals surface area contributed by atoms with Crippen LogP contribution in [0.25, 0.3) is 65.7 Å². The maximum Gasteiger partial charge on any atom is 0.268 e. The highest BCUT2D eigenvalue weighted by molar-refractivity contribution is 6.36. The van der Waals surface area contributed by atoms with E-state index in [4.69, 9.17) is 6.57 Å². The summed E-state index contributed by atoms with van der Waals surface area (Å²) < 4.78 is 2.07. The molecule has 1 aliphatic heterocycles. The molecule has 0 aliphatic carbocycles. The lowest BCUT2D eigenvalue weighted by atomic mass is 9.97. The maximum atomic E-state index is 14.7. The van der Waals surface area contributed by atoms with Gasteiger partial charge in [0.15, 0.2) is 0 Å². The normalized spacial score (nSPS) is 12.4. The average Bonchev–Trinajstić information content (AvgIpc) is 3.65. The Kier molecular flexibility index (Phi) is 6.72. The smallest absolute Gasteiger partial charge is 0.268 e. The standard InChI is InChI=1S/C44H26N4O2/c1-45-34-22-33(26-46-27-34)30-19-20-37-36-15-8-9-17-39(36)48(41(37)25-30)40-18-10-16-38-42(40)44(50)47(43(38)49)35-23-31(28-11-4-2-5-12-28)21-32(24-35)29-13-6-3-7-14-29/h2-27H.